The Balaban J connectivity index is 0.000000129. The standard InChI is InChI=1S/C29H29FN6O3.C22H16FN5O3.C8H14O.C2H2O4/c30-21-1-2-22-19(3-6-31-22)23(21)26-33-24-20-13-18(15-35-7-4-29(5-8-35)16-38-17-29)14-32-28(20)39-25(24)27(34-26)36-9-11-37-12-10-36;23-15-1-2-16-13(3-4-24-16)17(15)20-26-18-14-9-12(11-29)10-25-22(14)31-19(18)21(27-20)28-5-7-30-8-6-28;1-2-4-8(5-3-1)6-9-7-8;3-1(4)2(5)6/h1-3,6,13-14,31H,4-5,7-12,15-17H2;1-4,9-11,24H,5-8H2;1-7H2;(H,3,4)(H,5,6). The number of benzene rings is 2. The van der Waals surface area contributed by atoms with Crippen LogP contribution in [0.2, 0.25) is 0 Å². The number of carboxylic acid groups (broad SMARTS) is 2. The molecule has 5 saturated heterocycles. The third kappa shape index (κ3) is 11.1. The van der Waals surface area contributed by atoms with Gasteiger partial charge in [-0.3, -0.25) is 9.69 Å². The number of rotatable bonds is 7. The lowest BCUT2D eigenvalue weighted by molar-refractivity contribution is -0.159. The Hall–Kier alpha value is -8.55. The van der Waals surface area contributed by atoms with Gasteiger partial charge >= 0.3 is 11.9 Å². The van der Waals surface area contributed by atoms with E-state index in [9.17, 15) is 4.79 Å². The molecule has 2 spiro atoms. The first-order chi connectivity index (χ1) is 41.4. The van der Waals surface area contributed by atoms with Gasteiger partial charge in [0.25, 0.3) is 0 Å². The molecule has 6 aliphatic rings. The van der Waals surface area contributed by atoms with E-state index in [1.807, 2.05) is 17.2 Å². The molecule has 5 aliphatic heterocycles. The molecule has 10 aromatic rings. The second kappa shape index (κ2) is 23.5. The van der Waals surface area contributed by atoms with Crippen LogP contribution in [-0.2, 0) is 35.1 Å². The maximum absolute atomic E-state index is 15.3. The first kappa shape index (κ1) is 55.6. The maximum Gasteiger partial charge on any atom is 0.414 e. The molecule has 6 fully saturated rings. The first-order valence-electron chi connectivity index (χ1n) is 28.6. The van der Waals surface area contributed by atoms with Crippen molar-refractivity contribution in [3.05, 3.63) is 96.1 Å². The predicted octanol–water partition coefficient (Wildman–Crippen LogP) is 9.34. The number of nitrogens with one attached hydrogen (secondary N) is 2. The van der Waals surface area contributed by atoms with E-state index in [-0.39, 0.29) is 11.6 Å². The Morgan fingerprint density at radius 1 is 0.576 bits per heavy atom. The normalized spacial score (nSPS) is 18.4. The second-order valence-electron chi connectivity index (χ2n) is 22.6. The van der Waals surface area contributed by atoms with Crippen LogP contribution in [0.5, 0.6) is 0 Å². The third-order valence-corrected chi connectivity index (χ3v) is 17.0. The van der Waals surface area contributed by atoms with Crippen LogP contribution in [-0.4, -0.2) is 165 Å². The van der Waals surface area contributed by atoms with Crippen molar-refractivity contribution in [3.8, 4) is 22.8 Å². The van der Waals surface area contributed by atoms with Crippen molar-refractivity contribution >= 4 is 96.1 Å². The van der Waals surface area contributed by atoms with Gasteiger partial charge in [-0.1, -0.05) is 19.3 Å². The number of morpholine rings is 2. The number of anilines is 2. The quantitative estimate of drug-likeness (QED) is 0.0854. The smallest absolute Gasteiger partial charge is 0.414 e. The maximum atomic E-state index is 15.3. The van der Waals surface area contributed by atoms with Crippen molar-refractivity contribution in [1.29, 1.82) is 0 Å². The molecule has 0 amide bonds. The number of fused-ring (bicyclic) bond motifs is 8. The predicted molar refractivity (Wildman–Crippen MR) is 310 cm³/mol. The number of carboxylic acids is 2. The number of aromatic nitrogens is 8. The van der Waals surface area contributed by atoms with E-state index in [0.29, 0.717) is 142 Å². The van der Waals surface area contributed by atoms with Crippen LogP contribution >= 0.6 is 0 Å². The second-order valence-corrected chi connectivity index (χ2v) is 22.6. The number of nitrogens with zero attached hydrogens (tertiary/aromatic N) is 9. The molecule has 8 aromatic heterocycles. The highest BCUT2D eigenvalue weighted by Gasteiger charge is 2.41. The lowest BCUT2D eigenvalue weighted by atomic mass is 9.73. The number of carbonyl (C=O) groups excluding carboxylic acids is 1. The van der Waals surface area contributed by atoms with Crippen molar-refractivity contribution < 1.29 is 61.2 Å². The molecule has 13 heterocycles. The van der Waals surface area contributed by atoms with E-state index in [1.54, 1.807) is 36.7 Å². The fourth-order valence-corrected chi connectivity index (χ4v) is 12.2. The molecule has 1 saturated carbocycles. The summed E-state index contributed by atoms with van der Waals surface area (Å²) in [5.41, 5.74) is 7.95. The molecule has 440 valence electrons. The van der Waals surface area contributed by atoms with E-state index in [1.165, 1.54) is 63.3 Å². The molecule has 0 bridgehead atoms. The summed E-state index contributed by atoms with van der Waals surface area (Å²) in [6, 6.07) is 13.7. The number of aliphatic carboxylic acids is 2. The van der Waals surface area contributed by atoms with Gasteiger partial charge in [0, 0.05) is 95.7 Å². The summed E-state index contributed by atoms with van der Waals surface area (Å²) in [5, 5.41) is 17.6. The molecule has 0 atom stereocenters. The number of carbonyl (C=O) groups is 3. The summed E-state index contributed by atoms with van der Waals surface area (Å²) < 4.78 is 64.4. The molecule has 22 nitrogen and oxygen atoms in total. The minimum atomic E-state index is -1.82. The number of halogens is 2. The van der Waals surface area contributed by atoms with Gasteiger partial charge in [0.15, 0.2) is 40.7 Å². The van der Waals surface area contributed by atoms with Crippen LogP contribution in [0.25, 0.3) is 89.0 Å². The number of furan rings is 2. The average molecular weight is 1160 g/mol. The number of hydrogen-bond donors (Lipinski definition) is 4. The van der Waals surface area contributed by atoms with Crippen molar-refractivity contribution in [1.82, 2.24) is 44.8 Å². The number of pyridine rings is 2. The average Bonchev–Trinajstić information content (AvgIpc) is 2.17. The Morgan fingerprint density at radius 2 is 1.06 bits per heavy atom. The zero-order valence-electron chi connectivity index (χ0n) is 46.4. The van der Waals surface area contributed by atoms with Gasteiger partial charge < -0.3 is 57.8 Å². The molecule has 0 unspecified atom stereocenters. The van der Waals surface area contributed by atoms with Gasteiger partial charge in [0.05, 0.1) is 74.8 Å². The molecule has 16 rings (SSSR count). The lowest BCUT2D eigenvalue weighted by Gasteiger charge is -2.47. The fourth-order valence-electron chi connectivity index (χ4n) is 12.2. The molecule has 2 aromatic carbocycles. The molecule has 24 heteroatoms. The Labute approximate surface area is 483 Å². The van der Waals surface area contributed by atoms with Gasteiger partial charge in [-0.25, -0.2) is 48.3 Å². The summed E-state index contributed by atoms with van der Waals surface area (Å²) in [7, 11) is 0. The van der Waals surface area contributed by atoms with Crippen molar-refractivity contribution in [2.75, 3.05) is 102 Å². The summed E-state index contributed by atoms with van der Waals surface area (Å²) in [4.78, 5) is 70.6. The van der Waals surface area contributed by atoms with Gasteiger partial charge in [-0.05, 0) is 92.9 Å². The van der Waals surface area contributed by atoms with E-state index in [0.717, 1.165) is 79.7 Å². The molecular weight excluding hydrogens is 1100 g/mol. The number of aldehydes is 1. The summed E-state index contributed by atoms with van der Waals surface area (Å²) >= 11 is 0. The van der Waals surface area contributed by atoms with Gasteiger partial charge in [-0.15, -0.1) is 0 Å². The fraction of sp³-hybridized carbons (Fsp3) is 0.393. The molecule has 1 aliphatic carbocycles. The topological polar surface area (TPSA) is 274 Å². The van der Waals surface area contributed by atoms with Gasteiger partial charge in [-0.2, -0.15) is 0 Å². The summed E-state index contributed by atoms with van der Waals surface area (Å²) in [6.45, 7) is 11.7. The van der Waals surface area contributed by atoms with Crippen LogP contribution in [0.1, 0.15) is 60.9 Å². The zero-order chi connectivity index (χ0) is 58.2. The molecule has 4 N–H and O–H groups in total. The van der Waals surface area contributed by atoms with E-state index >= 15 is 8.78 Å². The highest BCUT2D eigenvalue weighted by atomic mass is 19.1. The van der Waals surface area contributed by atoms with E-state index in [4.69, 9.17) is 62.5 Å². The number of hydrogen-bond acceptors (Lipinski definition) is 18. The molecule has 0 radical (unpaired) electrons. The number of likely N-dealkylation sites (tertiary alicyclic amines) is 1. The van der Waals surface area contributed by atoms with E-state index < -0.39 is 17.8 Å². The zero-order valence-corrected chi connectivity index (χ0v) is 46.4. The molecule has 85 heavy (non-hydrogen) atoms. The summed E-state index contributed by atoms with van der Waals surface area (Å²) in [6.07, 6.45) is 17.2. The van der Waals surface area contributed by atoms with Gasteiger partial charge in [0.1, 0.15) is 22.7 Å². The monoisotopic (exact) mass is 1160 g/mol. The Bertz CT molecular complexity index is 4110. The highest BCUT2D eigenvalue weighted by Crippen LogP contribution is 2.43. The van der Waals surface area contributed by atoms with Crippen LogP contribution in [0.3, 0.4) is 0 Å². The Kier molecular flexibility index (Phi) is 15.4. The SMILES string of the molecule is C1CCC2(CC1)COC2.Fc1ccc2[nH]ccc2c1-c1nc(N2CCOCC2)c2oc3ncc(CN4CCC5(CC4)COC5)cc3c2n1.O=C(O)C(=O)O.O=Cc1cnc2oc3c(N4CCOCC4)nc(-c4c(F)ccc5[nH]ccc45)nc3c2c1. The van der Waals surface area contributed by atoms with Crippen LogP contribution in [0, 0.1) is 22.5 Å². The van der Waals surface area contributed by atoms with Crippen LogP contribution in [0.15, 0.2) is 82.2 Å². The van der Waals surface area contributed by atoms with Crippen molar-refractivity contribution in [2.45, 2.75) is 51.5 Å². The van der Waals surface area contributed by atoms with Crippen LogP contribution in [0.4, 0.5) is 20.4 Å². The van der Waals surface area contributed by atoms with E-state index in [2.05, 4.69) is 40.8 Å². The number of aromatic amines is 2. The first-order valence-corrected chi connectivity index (χ1v) is 28.6. The lowest BCUT2D eigenvalue weighted by Crippen LogP contribution is -2.50. The largest absolute Gasteiger partial charge is 0.473 e. The number of ether oxygens (including phenoxy) is 4. The third-order valence-electron chi connectivity index (χ3n) is 17.0. The van der Waals surface area contributed by atoms with Crippen LogP contribution < -0.4 is 9.80 Å². The molecular formula is C61H61F2N11O11. The van der Waals surface area contributed by atoms with Gasteiger partial charge in [0.2, 0.25) is 11.4 Å². The minimum Gasteiger partial charge on any atom is -0.473 e. The highest BCUT2D eigenvalue weighted by molar-refractivity contribution is 6.27. The van der Waals surface area contributed by atoms with Crippen molar-refractivity contribution in [2.24, 2.45) is 10.8 Å². The summed E-state index contributed by atoms with van der Waals surface area (Å²) in [5.74, 6) is -2.64. The Morgan fingerprint density at radius 3 is 1.52 bits per heavy atom. The van der Waals surface area contributed by atoms with Crippen molar-refractivity contribution in [3.63, 3.8) is 0 Å². The minimum absolute atomic E-state index is 0.246. The number of piperidine rings is 1. The number of H-pyrrole nitrogens is 2.